The molecule has 21 heavy (non-hydrogen) atoms. The predicted molar refractivity (Wildman–Crippen MR) is 80.2 cm³/mol. The first-order chi connectivity index (χ1) is 10.1. The van der Waals surface area contributed by atoms with Crippen molar-refractivity contribution in [3.8, 4) is 11.3 Å². The van der Waals surface area contributed by atoms with E-state index in [2.05, 4.69) is 10.2 Å². The van der Waals surface area contributed by atoms with E-state index in [0.29, 0.717) is 36.6 Å². The van der Waals surface area contributed by atoms with E-state index in [-0.39, 0.29) is 5.97 Å². The maximum atomic E-state index is 11.3. The lowest BCUT2D eigenvalue weighted by molar-refractivity contribution is -0.143. The molecule has 1 heterocycles. The molecular formula is C14H17ClN4O2. The Morgan fingerprint density at radius 2 is 2.05 bits per heavy atom. The van der Waals surface area contributed by atoms with E-state index >= 15 is 0 Å². The first-order valence-electron chi connectivity index (χ1n) is 6.73. The third kappa shape index (κ3) is 4.19. The van der Waals surface area contributed by atoms with Crippen LogP contribution in [0.3, 0.4) is 0 Å². The number of aryl methyl sites for hydroxylation is 1. The lowest BCUT2D eigenvalue weighted by Gasteiger charge is -2.02. The number of nitrogens with two attached hydrogens (primary N) is 1. The highest BCUT2D eigenvalue weighted by Gasteiger charge is 2.13. The van der Waals surface area contributed by atoms with Crippen molar-refractivity contribution in [2.45, 2.75) is 26.2 Å². The lowest BCUT2D eigenvalue weighted by atomic mass is 10.1. The number of carbonyl (C=O) groups is 1. The molecule has 6 nitrogen and oxygen atoms in total. The van der Waals surface area contributed by atoms with Crippen LogP contribution in [-0.4, -0.2) is 27.7 Å². The van der Waals surface area contributed by atoms with E-state index in [0.717, 1.165) is 16.2 Å². The van der Waals surface area contributed by atoms with Gasteiger partial charge in [-0.05, 0) is 31.9 Å². The average molecular weight is 309 g/mol. The Morgan fingerprint density at radius 1 is 1.33 bits per heavy atom. The minimum atomic E-state index is -0.203. The predicted octanol–water partition coefficient (Wildman–Crippen LogP) is 2.20. The SMILES string of the molecule is CCOC(=O)CCCc1nn(N)nc1-c1ccc(Cl)cc1. The van der Waals surface area contributed by atoms with Crippen molar-refractivity contribution in [2.75, 3.05) is 12.4 Å². The molecule has 1 aromatic carbocycles. The van der Waals surface area contributed by atoms with Gasteiger partial charge in [-0.3, -0.25) is 4.79 Å². The molecule has 0 bridgehead atoms. The third-order valence-electron chi connectivity index (χ3n) is 2.92. The molecule has 112 valence electrons. The van der Waals surface area contributed by atoms with E-state index in [1.54, 1.807) is 19.1 Å². The largest absolute Gasteiger partial charge is 0.466 e. The minimum absolute atomic E-state index is 0.203. The van der Waals surface area contributed by atoms with Crippen LogP contribution in [0.5, 0.6) is 0 Å². The van der Waals surface area contributed by atoms with Gasteiger partial charge in [-0.2, -0.15) is 0 Å². The smallest absolute Gasteiger partial charge is 0.305 e. The number of hydrogen-bond donors (Lipinski definition) is 1. The van der Waals surface area contributed by atoms with Crippen molar-refractivity contribution in [1.82, 2.24) is 15.1 Å². The van der Waals surface area contributed by atoms with Gasteiger partial charge in [0, 0.05) is 17.0 Å². The molecule has 1 aromatic heterocycles. The Hall–Kier alpha value is -2.08. The van der Waals surface area contributed by atoms with Crippen LogP contribution in [-0.2, 0) is 16.0 Å². The van der Waals surface area contributed by atoms with Gasteiger partial charge in [-0.25, -0.2) is 0 Å². The fourth-order valence-corrected chi connectivity index (χ4v) is 2.11. The lowest BCUT2D eigenvalue weighted by Crippen LogP contribution is -2.12. The van der Waals surface area contributed by atoms with Gasteiger partial charge in [0.2, 0.25) is 0 Å². The van der Waals surface area contributed by atoms with Gasteiger partial charge in [0.15, 0.2) is 0 Å². The minimum Gasteiger partial charge on any atom is -0.466 e. The van der Waals surface area contributed by atoms with Crippen molar-refractivity contribution in [1.29, 1.82) is 0 Å². The third-order valence-corrected chi connectivity index (χ3v) is 3.17. The summed E-state index contributed by atoms with van der Waals surface area (Å²) >= 11 is 5.87. The molecule has 0 aliphatic heterocycles. The molecule has 0 unspecified atom stereocenters. The average Bonchev–Trinajstić information content (AvgIpc) is 2.81. The topological polar surface area (TPSA) is 83.0 Å². The molecule has 0 spiro atoms. The van der Waals surface area contributed by atoms with Crippen LogP contribution >= 0.6 is 11.6 Å². The monoisotopic (exact) mass is 308 g/mol. The van der Waals surface area contributed by atoms with E-state index in [1.165, 1.54) is 0 Å². The molecule has 0 saturated heterocycles. The number of benzene rings is 1. The van der Waals surface area contributed by atoms with Gasteiger partial charge in [-0.15, -0.1) is 10.2 Å². The first kappa shape index (κ1) is 15.3. The number of carbonyl (C=O) groups excluding carboxylic acids is 1. The standard InChI is InChI=1S/C14H17ClN4O2/c1-2-21-13(20)5-3-4-12-14(18-19(16)17-12)10-6-8-11(15)9-7-10/h6-9H,2-5,16H2,1H3. The van der Waals surface area contributed by atoms with Gasteiger partial charge in [0.1, 0.15) is 5.69 Å². The van der Waals surface area contributed by atoms with Crippen LogP contribution in [0.2, 0.25) is 5.02 Å². The number of nitrogens with zero attached hydrogens (tertiary/aromatic N) is 3. The number of halogens is 1. The summed E-state index contributed by atoms with van der Waals surface area (Å²) in [5, 5.41) is 8.97. The molecular weight excluding hydrogens is 292 g/mol. The normalized spacial score (nSPS) is 10.6. The van der Waals surface area contributed by atoms with Crippen molar-refractivity contribution in [3.63, 3.8) is 0 Å². The molecule has 2 aromatic rings. The molecule has 0 saturated carbocycles. The zero-order valence-corrected chi connectivity index (χ0v) is 12.5. The zero-order chi connectivity index (χ0) is 15.2. The van der Waals surface area contributed by atoms with E-state index < -0.39 is 0 Å². The highest BCUT2D eigenvalue weighted by atomic mass is 35.5. The van der Waals surface area contributed by atoms with E-state index in [1.807, 2.05) is 12.1 Å². The number of rotatable bonds is 6. The van der Waals surface area contributed by atoms with Gasteiger partial charge in [0.05, 0.1) is 12.3 Å². The van der Waals surface area contributed by atoms with Crippen LogP contribution in [0.1, 0.15) is 25.5 Å². The van der Waals surface area contributed by atoms with Gasteiger partial charge in [-0.1, -0.05) is 28.6 Å². The molecule has 2 rings (SSSR count). The summed E-state index contributed by atoms with van der Waals surface area (Å²) in [5.74, 6) is 5.40. The second kappa shape index (κ2) is 7.08. The number of aromatic nitrogens is 3. The van der Waals surface area contributed by atoms with Gasteiger partial charge >= 0.3 is 5.97 Å². The number of hydrogen-bond acceptors (Lipinski definition) is 5. The second-order valence-corrected chi connectivity index (χ2v) is 4.92. The van der Waals surface area contributed by atoms with Crippen LogP contribution in [0, 0.1) is 0 Å². The Kier molecular flexibility index (Phi) is 5.16. The summed E-state index contributed by atoms with van der Waals surface area (Å²) in [6.07, 6.45) is 1.59. The molecule has 0 aliphatic carbocycles. The van der Waals surface area contributed by atoms with Crippen LogP contribution in [0.4, 0.5) is 0 Å². The fraction of sp³-hybridized carbons (Fsp3) is 0.357. The van der Waals surface area contributed by atoms with Crippen molar-refractivity contribution in [2.24, 2.45) is 0 Å². The summed E-state index contributed by atoms with van der Waals surface area (Å²) in [4.78, 5) is 12.4. The van der Waals surface area contributed by atoms with E-state index in [9.17, 15) is 4.79 Å². The zero-order valence-electron chi connectivity index (χ0n) is 11.8. The van der Waals surface area contributed by atoms with Crippen LogP contribution in [0.25, 0.3) is 11.3 Å². The van der Waals surface area contributed by atoms with Gasteiger partial charge in [0.25, 0.3) is 0 Å². The molecule has 7 heteroatoms. The number of nitrogen functional groups attached to an aromatic ring is 1. The van der Waals surface area contributed by atoms with Crippen LogP contribution < -0.4 is 5.84 Å². The van der Waals surface area contributed by atoms with Crippen LogP contribution in [0.15, 0.2) is 24.3 Å². The van der Waals surface area contributed by atoms with Gasteiger partial charge < -0.3 is 10.6 Å². The van der Waals surface area contributed by atoms with E-state index in [4.69, 9.17) is 22.2 Å². The first-order valence-corrected chi connectivity index (χ1v) is 7.10. The quantitative estimate of drug-likeness (QED) is 0.653. The maximum Gasteiger partial charge on any atom is 0.305 e. The Labute approximate surface area is 127 Å². The summed E-state index contributed by atoms with van der Waals surface area (Å²) in [6.45, 7) is 2.18. The second-order valence-electron chi connectivity index (χ2n) is 4.48. The Morgan fingerprint density at radius 3 is 2.71 bits per heavy atom. The number of ether oxygens (including phenoxy) is 1. The summed E-state index contributed by atoms with van der Waals surface area (Å²) in [5.41, 5.74) is 2.35. The summed E-state index contributed by atoms with van der Waals surface area (Å²) in [7, 11) is 0. The Bertz CT molecular complexity index is 610. The Balaban J connectivity index is 2.06. The maximum absolute atomic E-state index is 11.3. The molecule has 0 fully saturated rings. The summed E-state index contributed by atoms with van der Waals surface area (Å²) < 4.78 is 4.89. The fourth-order valence-electron chi connectivity index (χ4n) is 1.99. The molecule has 0 amide bonds. The highest BCUT2D eigenvalue weighted by molar-refractivity contribution is 6.30. The summed E-state index contributed by atoms with van der Waals surface area (Å²) in [6, 6.07) is 7.30. The molecule has 0 aliphatic rings. The molecule has 2 N–H and O–H groups in total. The highest BCUT2D eigenvalue weighted by Crippen LogP contribution is 2.23. The number of esters is 1. The van der Waals surface area contributed by atoms with Crippen molar-refractivity contribution >= 4 is 17.6 Å². The van der Waals surface area contributed by atoms with Crippen molar-refractivity contribution < 1.29 is 9.53 Å². The molecule has 0 atom stereocenters. The van der Waals surface area contributed by atoms with Crippen molar-refractivity contribution in [3.05, 3.63) is 35.0 Å². The molecule has 0 radical (unpaired) electrons.